The molecule has 1 aromatic heterocycles. The number of rotatable bonds is 2. The Morgan fingerprint density at radius 1 is 1.22 bits per heavy atom. The molecule has 0 spiro atoms. The quantitative estimate of drug-likeness (QED) is 0.868. The Balaban J connectivity index is 1.82. The Morgan fingerprint density at radius 3 is 2.72 bits per heavy atom. The van der Waals surface area contributed by atoms with E-state index in [0.717, 1.165) is 6.42 Å². The van der Waals surface area contributed by atoms with Crippen LogP contribution in [0.15, 0.2) is 35.7 Å². The molecule has 2 atom stereocenters. The third kappa shape index (κ3) is 2.11. The Bertz CT molecular complexity index is 544. The van der Waals surface area contributed by atoms with E-state index in [4.69, 9.17) is 5.73 Å². The van der Waals surface area contributed by atoms with E-state index in [2.05, 4.69) is 42.6 Å². The number of fused-ring (bicyclic) bond motifs is 1. The summed E-state index contributed by atoms with van der Waals surface area (Å²) in [5.41, 5.74) is 10.8. The molecule has 0 fully saturated rings. The van der Waals surface area contributed by atoms with Crippen LogP contribution in [0.5, 0.6) is 0 Å². The van der Waals surface area contributed by atoms with Crippen molar-refractivity contribution in [3.63, 3.8) is 0 Å². The number of benzene rings is 1. The SMILES string of the molecule is Cc1sccc1C(N)C1CCc2ccccc2C1. The molecule has 18 heavy (non-hydrogen) atoms. The summed E-state index contributed by atoms with van der Waals surface area (Å²) in [5, 5.41) is 2.15. The Morgan fingerprint density at radius 2 is 2.00 bits per heavy atom. The maximum absolute atomic E-state index is 6.48. The van der Waals surface area contributed by atoms with Gasteiger partial charge in [-0.05, 0) is 60.2 Å². The van der Waals surface area contributed by atoms with Crippen molar-refractivity contribution in [1.82, 2.24) is 0 Å². The lowest BCUT2D eigenvalue weighted by atomic mass is 9.78. The molecule has 1 aliphatic carbocycles. The standard InChI is InChI=1S/C16H19NS/c1-11-15(8-9-18-11)16(17)14-7-6-12-4-2-3-5-13(12)10-14/h2-5,8-9,14,16H,6-7,10,17H2,1H3. The van der Waals surface area contributed by atoms with Gasteiger partial charge in [-0.15, -0.1) is 11.3 Å². The lowest BCUT2D eigenvalue weighted by Crippen LogP contribution is -2.27. The topological polar surface area (TPSA) is 26.0 Å². The van der Waals surface area contributed by atoms with Crippen LogP contribution in [0.25, 0.3) is 0 Å². The zero-order valence-electron chi connectivity index (χ0n) is 10.7. The number of hydrogen-bond acceptors (Lipinski definition) is 2. The van der Waals surface area contributed by atoms with Crippen LogP contribution in [0.4, 0.5) is 0 Å². The summed E-state index contributed by atoms with van der Waals surface area (Å²) in [4.78, 5) is 1.38. The van der Waals surface area contributed by atoms with Crippen LogP contribution in [0.1, 0.15) is 34.0 Å². The zero-order chi connectivity index (χ0) is 12.5. The molecule has 1 aliphatic rings. The van der Waals surface area contributed by atoms with Gasteiger partial charge in [-0.2, -0.15) is 0 Å². The fourth-order valence-electron chi connectivity index (χ4n) is 3.03. The minimum atomic E-state index is 0.199. The highest BCUT2D eigenvalue weighted by Crippen LogP contribution is 2.35. The monoisotopic (exact) mass is 257 g/mol. The molecule has 94 valence electrons. The first-order valence-electron chi connectivity index (χ1n) is 6.62. The van der Waals surface area contributed by atoms with Crippen molar-refractivity contribution in [2.45, 2.75) is 32.2 Å². The summed E-state index contributed by atoms with van der Waals surface area (Å²) in [6, 6.07) is 11.2. The second kappa shape index (κ2) is 4.87. The normalized spacial score (nSPS) is 20.4. The molecule has 2 unspecified atom stereocenters. The highest BCUT2D eigenvalue weighted by atomic mass is 32.1. The average molecular weight is 257 g/mol. The molecule has 0 aliphatic heterocycles. The summed E-state index contributed by atoms with van der Waals surface area (Å²) < 4.78 is 0. The molecule has 2 heteroatoms. The smallest absolute Gasteiger partial charge is 0.0337 e. The molecule has 2 aromatic rings. The molecular formula is C16H19NS. The first kappa shape index (κ1) is 11.9. The van der Waals surface area contributed by atoms with Gasteiger partial charge in [-0.1, -0.05) is 24.3 Å². The van der Waals surface area contributed by atoms with Crippen LogP contribution in [-0.2, 0) is 12.8 Å². The number of hydrogen-bond donors (Lipinski definition) is 1. The molecule has 0 bridgehead atoms. The molecule has 0 radical (unpaired) electrons. The lowest BCUT2D eigenvalue weighted by Gasteiger charge is -2.29. The van der Waals surface area contributed by atoms with Crippen molar-refractivity contribution in [3.8, 4) is 0 Å². The van der Waals surface area contributed by atoms with Gasteiger partial charge < -0.3 is 5.73 Å². The van der Waals surface area contributed by atoms with E-state index < -0.39 is 0 Å². The van der Waals surface area contributed by atoms with E-state index in [1.807, 2.05) is 0 Å². The van der Waals surface area contributed by atoms with Gasteiger partial charge in [-0.3, -0.25) is 0 Å². The highest BCUT2D eigenvalue weighted by Gasteiger charge is 2.25. The fourth-order valence-corrected chi connectivity index (χ4v) is 3.79. The molecule has 0 saturated carbocycles. The van der Waals surface area contributed by atoms with E-state index in [1.54, 1.807) is 11.3 Å². The molecule has 3 rings (SSSR count). The van der Waals surface area contributed by atoms with E-state index >= 15 is 0 Å². The predicted molar refractivity (Wildman–Crippen MR) is 77.9 cm³/mol. The number of thiophene rings is 1. The van der Waals surface area contributed by atoms with Gasteiger partial charge >= 0.3 is 0 Å². The van der Waals surface area contributed by atoms with Crippen LogP contribution >= 0.6 is 11.3 Å². The van der Waals surface area contributed by atoms with Crippen LogP contribution in [0.2, 0.25) is 0 Å². The second-order valence-corrected chi connectivity index (χ2v) is 6.35. The van der Waals surface area contributed by atoms with Crippen molar-refractivity contribution in [2.24, 2.45) is 11.7 Å². The lowest BCUT2D eigenvalue weighted by molar-refractivity contribution is 0.382. The molecular weight excluding hydrogens is 238 g/mol. The number of aryl methyl sites for hydroxylation is 2. The molecule has 0 saturated heterocycles. The Labute approximate surface area is 113 Å². The summed E-state index contributed by atoms with van der Waals surface area (Å²) in [7, 11) is 0. The van der Waals surface area contributed by atoms with E-state index in [9.17, 15) is 0 Å². The van der Waals surface area contributed by atoms with Gasteiger partial charge in [0.15, 0.2) is 0 Å². The third-order valence-corrected chi connectivity index (χ3v) is 5.01. The van der Waals surface area contributed by atoms with Crippen LogP contribution < -0.4 is 5.73 Å². The summed E-state index contributed by atoms with van der Waals surface area (Å²) in [6.45, 7) is 2.18. The molecule has 1 nitrogen and oxygen atoms in total. The average Bonchev–Trinajstić information content (AvgIpc) is 2.83. The van der Waals surface area contributed by atoms with Crippen molar-refractivity contribution in [3.05, 3.63) is 57.3 Å². The van der Waals surface area contributed by atoms with Crippen LogP contribution in [0, 0.1) is 12.8 Å². The first-order chi connectivity index (χ1) is 8.75. The molecule has 1 heterocycles. The van der Waals surface area contributed by atoms with Gasteiger partial charge in [0.2, 0.25) is 0 Å². The molecule has 2 N–H and O–H groups in total. The second-order valence-electron chi connectivity index (χ2n) is 5.23. The van der Waals surface area contributed by atoms with Gasteiger partial charge in [0.1, 0.15) is 0 Å². The first-order valence-corrected chi connectivity index (χ1v) is 7.50. The van der Waals surface area contributed by atoms with E-state index in [1.165, 1.54) is 34.4 Å². The maximum atomic E-state index is 6.48. The minimum Gasteiger partial charge on any atom is -0.324 e. The predicted octanol–water partition coefficient (Wildman–Crippen LogP) is 3.86. The van der Waals surface area contributed by atoms with Crippen molar-refractivity contribution < 1.29 is 0 Å². The van der Waals surface area contributed by atoms with Gasteiger partial charge in [0.25, 0.3) is 0 Å². The largest absolute Gasteiger partial charge is 0.324 e. The fraction of sp³-hybridized carbons (Fsp3) is 0.375. The molecule has 1 aromatic carbocycles. The summed E-state index contributed by atoms with van der Waals surface area (Å²) in [6.07, 6.45) is 3.53. The Kier molecular flexibility index (Phi) is 3.23. The van der Waals surface area contributed by atoms with Gasteiger partial charge in [0, 0.05) is 10.9 Å². The number of nitrogens with two attached hydrogens (primary N) is 1. The van der Waals surface area contributed by atoms with E-state index in [0.29, 0.717) is 5.92 Å². The highest BCUT2D eigenvalue weighted by molar-refractivity contribution is 7.10. The maximum Gasteiger partial charge on any atom is 0.0337 e. The molecule has 0 amide bonds. The van der Waals surface area contributed by atoms with Crippen LogP contribution in [-0.4, -0.2) is 0 Å². The minimum absolute atomic E-state index is 0.199. The zero-order valence-corrected chi connectivity index (χ0v) is 11.5. The van der Waals surface area contributed by atoms with Gasteiger partial charge in [-0.25, -0.2) is 0 Å². The van der Waals surface area contributed by atoms with Crippen molar-refractivity contribution in [2.75, 3.05) is 0 Å². The summed E-state index contributed by atoms with van der Waals surface area (Å²) >= 11 is 1.80. The van der Waals surface area contributed by atoms with Crippen molar-refractivity contribution >= 4 is 11.3 Å². The van der Waals surface area contributed by atoms with Crippen LogP contribution in [0.3, 0.4) is 0 Å². The third-order valence-electron chi connectivity index (χ3n) is 4.15. The van der Waals surface area contributed by atoms with E-state index in [-0.39, 0.29) is 6.04 Å². The summed E-state index contributed by atoms with van der Waals surface area (Å²) in [5.74, 6) is 0.591. The van der Waals surface area contributed by atoms with Gasteiger partial charge in [0.05, 0.1) is 0 Å². The Hall–Kier alpha value is -1.12. The van der Waals surface area contributed by atoms with Crippen molar-refractivity contribution in [1.29, 1.82) is 0 Å².